The van der Waals surface area contributed by atoms with Gasteiger partial charge in [-0.25, -0.2) is 0 Å². The number of hydrogen-bond acceptors (Lipinski definition) is 3. The largest absolute Gasteiger partial charge is 0.497 e. The second kappa shape index (κ2) is 8.01. The zero-order valence-corrected chi connectivity index (χ0v) is 18.2. The first kappa shape index (κ1) is 20.1. The highest BCUT2D eigenvalue weighted by molar-refractivity contribution is 5.41. The molecule has 2 aromatic rings. The number of fused-ring (bicyclic) bond motifs is 5. The van der Waals surface area contributed by atoms with E-state index >= 15 is 0 Å². The Bertz CT molecular complexity index is 879. The standard InChI is InChI=1S/C27H34O3/c1-3-27-16-24(28)26-21-12-10-20(29-2)15-19(21)9-11-22(26)23(27)13-14-25(27)30-17-18-7-5-4-6-8-18/h4-8,10,12,15,22-26,28H,3,9,11,13-14,16-17H2,1-2H3/t22?,23?,24?,25-,26?,27-/m0/s1. The highest BCUT2D eigenvalue weighted by atomic mass is 16.5. The van der Waals surface area contributed by atoms with E-state index in [1.165, 1.54) is 29.5 Å². The molecule has 0 radical (unpaired) electrons. The lowest BCUT2D eigenvalue weighted by Crippen LogP contribution is -2.51. The summed E-state index contributed by atoms with van der Waals surface area (Å²) >= 11 is 0. The minimum atomic E-state index is -0.292. The fraction of sp³-hybridized carbons (Fsp3) is 0.556. The van der Waals surface area contributed by atoms with Crippen molar-refractivity contribution in [2.75, 3.05) is 7.11 Å². The van der Waals surface area contributed by atoms with Crippen molar-refractivity contribution in [2.45, 2.75) is 70.2 Å². The Kier molecular flexibility index (Phi) is 5.37. The third-order valence-corrected chi connectivity index (χ3v) is 8.51. The van der Waals surface area contributed by atoms with Gasteiger partial charge < -0.3 is 14.6 Å². The lowest BCUT2D eigenvalue weighted by atomic mass is 9.53. The number of hydrogen-bond donors (Lipinski definition) is 1. The second-order valence-electron chi connectivity index (χ2n) is 9.62. The molecule has 1 N–H and O–H groups in total. The number of aliphatic hydroxyl groups excluding tert-OH is 1. The van der Waals surface area contributed by atoms with E-state index in [0.717, 1.165) is 31.4 Å². The maximum absolute atomic E-state index is 11.4. The maximum Gasteiger partial charge on any atom is 0.119 e. The van der Waals surface area contributed by atoms with Crippen molar-refractivity contribution in [1.29, 1.82) is 0 Å². The number of aryl methyl sites for hydroxylation is 1. The first-order chi connectivity index (χ1) is 14.7. The molecule has 0 bridgehead atoms. The zero-order valence-electron chi connectivity index (χ0n) is 18.2. The smallest absolute Gasteiger partial charge is 0.119 e. The Morgan fingerprint density at radius 3 is 2.67 bits per heavy atom. The fourth-order valence-corrected chi connectivity index (χ4v) is 7.17. The van der Waals surface area contributed by atoms with E-state index in [2.05, 4.69) is 55.5 Å². The molecule has 3 aliphatic rings. The second-order valence-corrected chi connectivity index (χ2v) is 9.62. The van der Waals surface area contributed by atoms with Gasteiger partial charge in [0.05, 0.1) is 25.9 Å². The van der Waals surface area contributed by atoms with Crippen molar-refractivity contribution < 1.29 is 14.6 Å². The summed E-state index contributed by atoms with van der Waals surface area (Å²) in [6.45, 7) is 2.98. The SMILES string of the molecule is CC[C@]12CC(O)C3c4ccc(OC)cc4CCC3C1CC[C@@H]2OCc1ccccc1. The van der Waals surface area contributed by atoms with Gasteiger partial charge in [0.1, 0.15) is 5.75 Å². The molecule has 2 fully saturated rings. The lowest BCUT2D eigenvalue weighted by molar-refractivity contribution is -0.118. The van der Waals surface area contributed by atoms with Crippen LogP contribution in [0.25, 0.3) is 0 Å². The van der Waals surface area contributed by atoms with Crippen LogP contribution in [0.2, 0.25) is 0 Å². The van der Waals surface area contributed by atoms with Gasteiger partial charge in [0.25, 0.3) is 0 Å². The molecule has 3 aliphatic carbocycles. The molecule has 0 amide bonds. The van der Waals surface area contributed by atoms with E-state index in [9.17, 15) is 5.11 Å². The van der Waals surface area contributed by atoms with Crippen molar-refractivity contribution in [3.05, 3.63) is 65.2 Å². The third kappa shape index (κ3) is 3.18. The molecule has 0 aromatic heterocycles. The summed E-state index contributed by atoms with van der Waals surface area (Å²) in [5.41, 5.74) is 4.08. The van der Waals surface area contributed by atoms with Crippen LogP contribution in [0.3, 0.4) is 0 Å². The topological polar surface area (TPSA) is 38.7 Å². The van der Waals surface area contributed by atoms with Gasteiger partial charge in [0.15, 0.2) is 0 Å². The van der Waals surface area contributed by atoms with E-state index in [1.54, 1.807) is 7.11 Å². The van der Waals surface area contributed by atoms with Crippen LogP contribution in [0.4, 0.5) is 0 Å². The summed E-state index contributed by atoms with van der Waals surface area (Å²) in [4.78, 5) is 0. The lowest BCUT2D eigenvalue weighted by Gasteiger charge is -2.54. The van der Waals surface area contributed by atoms with Gasteiger partial charge >= 0.3 is 0 Å². The van der Waals surface area contributed by atoms with Crippen LogP contribution in [0.5, 0.6) is 5.75 Å². The molecule has 2 saturated carbocycles. The molecule has 0 heterocycles. The van der Waals surface area contributed by atoms with Crippen molar-refractivity contribution >= 4 is 0 Å². The highest BCUT2D eigenvalue weighted by Crippen LogP contribution is 2.63. The Balaban J connectivity index is 1.41. The molecule has 6 atom stereocenters. The first-order valence-electron chi connectivity index (χ1n) is 11.7. The molecule has 30 heavy (non-hydrogen) atoms. The molecular weight excluding hydrogens is 372 g/mol. The van der Waals surface area contributed by atoms with Crippen LogP contribution in [0.15, 0.2) is 48.5 Å². The van der Waals surface area contributed by atoms with Crippen LogP contribution >= 0.6 is 0 Å². The van der Waals surface area contributed by atoms with Crippen LogP contribution in [0, 0.1) is 17.3 Å². The monoisotopic (exact) mass is 406 g/mol. The number of ether oxygens (including phenoxy) is 2. The van der Waals surface area contributed by atoms with E-state index in [1.807, 2.05) is 0 Å². The summed E-state index contributed by atoms with van der Waals surface area (Å²) in [6.07, 6.45) is 6.52. The van der Waals surface area contributed by atoms with Gasteiger partial charge in [-0.2, -0.15) is 0 Å². The Labute approximate surface area is 180 Å². The summed E-state index contributed by atoms with van der Waals surface area (Å²) in [5, 5.41) is 11.4. The Morgan fingerprint density at radius 2 is 1.90 bits per heavy atom. The summed E-state index contributed by atoms with van der Waals surface area (Å²) in [6, 6.07) is 17.0. The molecule has 3 nitrogen and oxygen atoms in total. The average molecular weight is 407 g/mol. The normalized spacial score (nSPS) is 34.7. The first-order valence-corrected chi connectivity index (χ1v) is 11.7. The average Bonchev–Trinajstić information content (AvgIpc) is 3.16. The minimum absolute atomic E-state index is 0.110. The predicted molar refractivity (Wildman–Crippen MR) is 119 cm³/mol. The van der Waals surface area contributed by atoms with E-state index in [-0.39, 0.29) is 23.5 Å². The van der Waals surface area contributed by atoms with Crippen molar-refractivity contribution in [1.82, 2.24) is 0 Å². The van der Waals surface area contributed by atoms with Crippen LogP contribution < -0.4 is 4.74 Å². The molecular formula is C27H34O3. The van der Waals surface area contributed by atoms with Gasteiger partial charge in [-0.15, -0.1) is 0 Å². The number of benzene rings is 2. The summed E-state index contributed by atoms with van der Waals surface area (Å²) in [7, 11) is 1.73. The highest BCUT2D eigenvalue weighted by Gasteiger charge is 2.59. The Hall–Kier alpha value is -1.84. The van der Waals surface area contributed by atoms with Gasteiger partial charge in [-0.1, -0.05) is 43.3 Å². The molecule has 5 rings (SSSR count). The predicted octanol–water partition coefficient (Wildman–Crippen LogP) is 5.50. The van der Waals surface area contributed by atoms with Crippen molar-refractivity contribution in [2.24, 2.45) is 17.3 Å². The molecule has 4 unspecified atom stereocenters. The summed E-state index contributed by atoms with van der Waals surface area (Å²) < 4.78 is 12.0. The molecule has 3 heteroatoms. The minimum Gasteiger partial charge on any atom is -0.497 e. The van der Waals surface area contributed by atoms with Crippen LogP contribution in [-0.2, 0) is 17.8 Å². The molecule has 0 aliphatic heterocycles. The fourth-order valence-electron chi connectivity index (χ4n) is 7.17. The number of aliphatic hydroxyl groups is 1. The van der Waals surface area contributed by atoms with E-state index in [0.29, 0.717) is 18.4 Å². The van der Waals surface area contributed by atoms with E-state index < -0.39 is 0 Å². The maximum atomic E-state index is 11.4. The van der Waals surface area contributed by atoms with E-state index in [4.69, 9.17) is 9.47 Å². The summed E-state index contributed by atoms with van der Waals surface area (Å²) in [5.74, 6) is 2.39. The van der Waals surface area contributed by atoms with Crippen molar-refractivity contribution in [3.8, 4) is 5.75 Å². The van der Waals surface area contributed by atoms with Gasteiger partial charge in [-0.05, 0) is 79.2 Å². The number of methoxy groups -OCH3 is 1. The molecule has 0 spiro atoms. The van der Waals surface area contributed by atoms with Gasteiger partial charge in [0, 0.05) is 11.3 Å². The van der Waals surface area contributed by atoms with Gasteiger partial charge in [0.2, 0.25) is 0 Å². The van der Waals surface area contributed by atoms with Crippen LogP contribution in [0.1, 0.15) is 61.6 Å². The van der Waals surface area contributed by atoms with Crippen LogP contribution in [-0.4, -0.2) is 24.4 Å². The zero-order chi connectivity index (χ0) is 20.7. The third-order valence-electron chi connectivity index (χ3n) is 8.51. The van der Waals surface area contributed by atoms with Crippen molar-refractivity contribution in [3.63, 3.8) is 0 Å². The quantitative estimate of drug-likeness (QED) is 0.713. The van der Waals surface area contributed by atoms with Gasteiger partial charge in [-0.3, -0.25) is 0 Å². The molecule has 160 valence electrons. The molecule has 0 saturated heterocycles. The molecule has 2 aromatic carbocycles. The number of rotatable bonds is 5. The Morgan fingerprint density at radius 1 is 1.07 bits per heavy atom.